The van der Waals surface area contributed by atoms with E-state index in [0.717, 1.165) is 37.2 Å². The molecule has 0 spiro atoms. The summed E-state index contributed by atoms with van der Waals surface area (Å²) in [6.07, 6.45) is 2.23. The van der Waals surface area contributed by atoms with Gasteiger partial charge in [0.25, 0.3) is 0 Å². The van der Waals surface area contributed by atoms with E-state index in [1.165, 1.54) is 0 Å². The van der Waals surface area contributed by atoms with Gasteiger partial charge in [-0.15, -0.1) is 12.4 Å². The molecule has 0 aromatic heterocycles. The SMILES string of the molecule is Cl.Nc1ccc(CN2CCCC2CO)c(N)c1. The van der Waals surface area contributed by atoms with Gasteiger partial charge in [-0.05, 0) is 37.1 Å². The Labute approximate surface area is 108 Å². The zero-order valence-corrected chi connectivity index (χ0v) is 10.6. The molecule has 1 aliphatic rings. The minimum absolute atomic E-state index is 0. The highest BCUT2D eigenvalue weighted by molar-refractivity contribution is 5.85. The van der Waals surface area contributed by atoms with Crippen LogP contribution >= 0.6 is 12.4 Å². The van der Waals surface area contributed by atoms with Gasteiger partial charge in [0, 0.05) is 24.0 Å². The van der Waals surface area contributed by atoms with Crippen molar-refractivity contribution in [1.29, 1.82) is 0 Å². The highest BCUT2D eigenvalue weighted by atomic mass is 35.5. The molecule has 4 nitrogen and oxygen atoms in total. The molecule has 96 valence electrons. The maximum absolute atomic E-state index is 9.23. The molecule has 1 aliphatic heterocycles. The Morgan fingerprint density at radius 1 is 1.35 bits per heavy atom. The highest BCUT2D eigenvalue weighted by Crippen LogP contribution is 2.23. The van der Waals surface area contributed by atoms with E-state index in [9.17, 15) is 5.11 Å². The molecule has 1 saturated heterocycles. The summed E-state index contributed by atoms with van der Waals surface area (Å²) in [5.74, 6) is 0. The van der Waals surface area contributed by atoms with Crippen LogP contribution < -0.4 is 11.5 Å². The van der Waals surface area contributed by atoms with Crippen molar-refractivity contribution in [2.24, 2.45) is 0 Å². The van der Waals surface area contributed by atoms with Gasteiger partial charge in [-0.3, -0.25) is 4.90 Å². The Balaban J connectivity index is 0.00000144. The fourth-order valence-corrected chi connectivity index (χ4v) is 2.29. The van der Waals surface area contributed by atoms with Crippen LogP contribution in [0.1, 0.15) is 18.4 Å². The van der Waals surface area contributed by atoms with Crippen molar-refractivity contribution in [2.45, 2.75) is 25.4 Å². The van der Waals surface area contributed by atoms with Crippen molar-refractivity contribution in [2.75, 3.05) is 24.6 Å². The van der Waals surface area contributed by atoms with E-state index >= 15 is 0 Å². The molecule has 5 heteroatoms. The number of halogens is 1. The van der Waals surface area contributed by atoms with Crippen LogP contribution in [0.15, 0.2) is 18.2 Å². The van der Waals surface area contributed by atoms with E-state index in [-0.39, 0.29) is 25.1 Å². The number of hydrogen-bond acceptors (Lipinski definition) is 4. The van der Waals surface area contributed by atoms with Crippen LogP contribution in [0, 0.1) is 0 Å². The van der Waals surface area contributed by atoms with Gasteiger partial charge in [-0.25, -0.2) is 0 Å². The predicted molar refractivity (Wildman–Crippen MR) is 73.0 cm³/mol. The molecule has 0 amide bonds. The van der Waals surface area contributed by atoms with Gasteiger partial charge < -0.3 is 16.6 Å². The fraction of sp³-hybridized carbons (Fsp3) is 0.500. The molecule has 1 heterocycles. The number of nitrogens with two attached hydrogens (primary N) is 2. The van der Waals surface area contributed by atoms with Gasteiger partial charge in [0.05, 0.1) is 6.61 Å². The first kappa shape index (κ1) is 14.1. The maximum Gasteiger partial charge on any atom is 0.0587 e. The van der Waals surface area contributed by atoms with E-state index in [2.05, 4.69) is 4.90 Å². The van der Waals surface area contributed by atoms with Gasteiger partial charge in [-0.1, -0.05) is 6.07 Å². The van der Waals surface area contributed by atoms with Crippen molar-refractivity contribution in [3.05, 3.63) is 23.8 Å². The molecule has 17 heavy (non-hydrogen) atoms. The molecule has 1 fully saturated rings. The number of nitrogens with zero attached hydrogens (tertiary/aromatic N) is 1. The Morgan fingerprint density at radius 2 is 2.12 bits per heavy atom. The summed E-state index contributed by atoms with van der Waals surface area (Å²) in [7, 11) is 0. The maximum atomic E-state index is 9.23. The molecule has 0 radical (unpaired) electrons. The number of aliphatic hydroxyl groups is 1. The molecule has 0 bridgehead atoms. The Kier molecular flexibility index (Phi) is 5.05. The van der Waals surface area contributed by atoms with Crippen LogP contribution in [0.3, 0.4) is 0 Å². The molecular weight excluding hydrogens is 238 g/mol. The number of nitrogen functional groups attached to an aromatic ring is 2. The number of anilines is 2. The van der Waals surface area contributed by atoms with Crippen molar-refractivity contribution in [1.82, 2.24) is 4.90 Å². The topological polar surface area (TPSA) is 75.5 Å². The normalized spacial score (nSPS) is 20.2. The summed E-state index contributed by atoms with van der Waals surface area (Å²) in [5, 5.41) is 9.23. The molecule has 1 aromatic rings. The fourth-order valence-electron chi connectivity index (χ4n) is 2.29. The second-order valence-corrected chi connectivity index (χ2v) is 4.41. The van der Waals surface area contributed by atoms with Gasteiger partial charge in [-0.2, -0.15) is 0 Å². The van der Waals surface area contributed by atoms with Crippen LogP contribution in [-0.2, 0) is 6.54 Å². The smallest absolute Gasteiger partial charge is 0.0587 e. The predicted octanol–water partition coefficient (Wildman–Crippen LogP) is 1.23. The number of rotatable bonds is 3. The lowest BCUT2D eigenvalue weighted by atomic mass is 10.1. The summed E-state index contributed by atoms with van der Waals surface area (Å²) in [6.45, 7) is 2.07. The van der Waals surface area contributed by atoms with Crippen LogP contribution in [0.5, 0.6) is 0 Å². The molecule has 1 unspecified atom stereocenters. The summed E-state index contributed by atoms with van der Waals surface area (Å²) >= 11 is 0. The largest absolute Gasteiger partial charge is 0.399 e. The summed E-state index contributed by atoms with van der Waals surface area (Å²) < 4.78 is 0. The van der Waals surface area contributed by atoms with Gasteiger partial charge in [0.2, 0.25) is 0 Å². The average Bonchev–Trinajstić information content (AvgIpc) is 2.69. The third-order valence-electron chi connectivity index (χ3n) is 3.25. The molecule has 1 aromatic carbocycles. The Hall–Kier alpha value is -0.970. The lowest BCUT2D eigenvalue weighted by molar-refractivity contribution is 0.154. The van der Waals surface area contributed by atoms with Gasteiger partial charge in [0.15, 0.2) is 0 Å². The van der Waals surface area contributed by atoms with Crippen molar-refractivity contribution >= 4 is 23.8 Å². The second-order valence-electron chi connectivity index (χ2n) is 4.41. The molecular formula is C12H20ClN3O. The summed E-state index contributed by atoms with van der Waals surface area (Å²) in [5.41, 5.74) is 14.1. The van der Waals surface area contributed by atoms with E-state index in [1.807, 2.05) is 12.1 Å². The minimum atomic E-state index is 0. The van der Waals surface area contributed by atoms with E-state index in [1.54, 1.807) is 6.07 Å². The first-order valence-corrected chi connectivity index (χ1v) is 5.69. The van der Waals surface area contributed by atoms with Crippen LogP contribution in [-0.4, -0.2) is 29.2 Å². The lowest BCUT2D eigenvalue weighted by Gasteiger charge is -2.23. The second kappa shape index (κ2) is 6.10. The molecule has 0 saturated carbocycles. The Bertz CT molecular complexity index is 373. The first-order chi connectivity index (χ1) is 7.70. The number of benzene rings is 1. The highest BCUT2D eigenvalue weighted by Gasteiger charge is 2.23. The van der Waals surface area contributed by atoms with Crippen LogP contribution in [0.2, 0.25) is 0 Å². The Morgan fingerprint density at radius 3 is 2.76 bits per heavy atom. The van der Waals surface area contributed by atoms with E-state index in [4.69, 9.17) is 11.5 Å². The standard InChI is InChI=1S/C12H19N3O.ClH/c13-10-4-3-9(12(14)6-10)7-15-5-1-2-11(15)8-16;/h3-4,6,11,16H,1-2,5,7-8,13-14H2;1H. The van der Waals surface area contributed by atoms with Gasteiger partial charge >= 0.3 is 0 Å². The lowest BCUT2D eigenvalue weighted by Crippen LogP contribution is -2.31. The zero-order valence-electron chi connectivity index (χ0n) is 9.80. The zero-order chi connectivity index (χ0) is 11.5. The van der Waals surface area contributed by atoms with Crippen molar-refractivity contribution < 1.29 is 5.11 Å². The number of likely N-dealkylation sites (tertiary alicyclic amines) is 1. The third-order valence-corrected chi connectivity index (χ3v) is 3.25. The number of hydrogen-bond donors (Lipinski definition) is 3. The quantitative estimate of drug-likeness (QED) is 0.712. The number of aliphatic hydroxyl groups excluding tert-OH is 1. The first-order valence-electron chi connectivity index (χ1n) is 5.69. The van der Waals surface area contributed by atoms with Crippen LogP contribution in [0.25, 0.3) is 0 Å². The molecule has 2 rings (SSSR count). The van der Waals surface area contributed by atoms with Gasteiger partial charge in [0.1, 0.15) is 0 Å². The average molecular weight is 258 g/mol. The molecule has 5 N–H and O–H groups in total. The summed E-state index contributed by atoms with van der Waals surface area (Å²) in [4.78, 5) is 2.28. The minimum Gasteiger partial charge on any atom is -0.399 e. The molecule has 1 atom stereocenters. The summed E-state index contributed by atoms with van der Waals surface area (Å²) in [6, 6.07) is 5.92. The monoisotopic (exact) mass is 257 g/mol. The van der Waals surface area contributed by atoms with Crippen molar-refractivity contribution in [3.63, 3.8) is 0 Å². The molecule has 0 aliphatic carbocycles. The third kappa shape index (κ3) is 3.25. The van der Waals surface area contributed by atoms with Crippen molar-refractivity contribution in [3.8, 4) is 0 Å². The van der Waals surface area contributed by atoms with E-state index < -0.39 is 0 Å². The van der Waals surface area contributed by atoms with Crippen LogP contribution in [0.4, 0.5) is 11.4 Å². The van der Waals surface area contributed by atoms with E-state index in [0.29, 0.717) is 5.69 Å².